The molecule has 5 heteroatoms. The van der Waals surface area contributed by atoms with Crippen LogP contribution >= 0.6 is 0 Å². The highest BCUT2D eigenvalue weighted by Crippen LogP contribution is 2.17. The van der Waals surface area contributed by atoms with E-state index in [4.69, 9.17) is 14.7 Å². The Hall–Kier alpha value is -2.82. The number of hydrogen-bond donors (Lipinski definition) is 1. The minimum atomic E-state index is -0.428. The van der Waals surface area contributed by atoms with E-state index in [1.54, 1.807) is 48.5 Å². The molecule has 1 N–H and O–H groups in total. The van der Waals surface area contributed by atoms with Crippen molar-refractivity contribution in [3.05, 3.63) is 59.7 Å². The summed E-state index contributed by atoms with van der Waals surface area (Å²) in [5, 5.41) is 11.5. The van der Waals surface area contributed by atoms with Crippen molar-refractivity contribution in [1.82, 2.24) is 0 Å². The van der Waals surface area contributed by atoms with Gasteiger partial charge in [-0.25, -0.2) is 4.79 Å². The van der Waals surface area contributed by atoms with E-state index < -0.39 is 5.97 Å². The fourth-order valence-electron chi connectivity index (χ4n) is 2.97. The van der Waals surface area contributed by atoms with Gasteiger partial charge in [-0.05, 0) is 60.5 Å². The van der Waals surface area contributed by atoms with E-state index in [1.165, 1.54) is 51.2 Å². The summed E-state index contributed by atoms with van der Waals surface area (Å²) in [6.07, 6.45) is 11.5. The van der Waals surface area contributed by atoms with Crippen molar-refractivity contribution < 1.29 is 19.5 Å². The first-order valence-electron chi connectivity index (χ1n) is 10.5. The number of ether oxygens (including phenoxy) is 2. The third kappa shape index (κ3) is 8.81. The first-order valence-corrected chi connectivity index (χ1v) is 10.5. The zero-order chi connectivity index (χ0) is 20.7. The maximum Gasteiger partial charge on any atom is 0.343 e. The normalized spacial score (nSPS) is 10.9. The SMILES string of the molecule is CCCCCCCCCCOc1ccc(C(=O)Oc2ccc(C=NO)cc2)cc1. The molecule has 0 aliphatic heterocycles. The molecule has 0 heterocycles. The van der Waals surface area contributed by atoms with Crippen molar-refractivity contribution in [2.75, 3.05) is 6.61 Å². The predicted molar refractivity (Wildman–Crippen MR) is 115 cm³/mol. The molecule has 0 aliphatic carbocycles. The molecule has 0 fully saturated rings. The average molecular weight is 398 g/mol. The molecule has 0 unspecified atom stereocenters. The second kappa shape index (κ2) is 13.4. The lowest BCUT2D eigenvalue weighted by molar-refractivity contribution is 0.0734. The molecule has 0 amide bonds. The van der Waals surface area contributed by atoms with Gasteiger partial charge in [0.05, 0.1) is 18.4 Å². The van der Waals surface area contributed by atoms with Crippen molar-refractivity contribution >= 4 is 12.2 Å². The van der Waals surface area contributed by atoms with Crippen molar-refractivity contribution in [1.29, 1.82) is 0 Å². The fraction of sp³-hybridized carbons (Fsp3) is 0.417. The smallest absolute Gasteiger partial charge is 0.343 e. The summed E-state index contributed by atoms with van der Waals surface area (Å²) in [7, 11) is 0. The number of carbonyl (C=O) groups is 1. The molecule has 0 bridgehead atoms. The molecule has 29 heavy (non-hydrogen) atoms. The zero-order valence-corrected chi connectivity index (χ0v) is 17.2. The number of unbranched alkanes of at least 4 members (excludes halogenated alkanes) is 7. The van der Waals surface area contributed by atoms with Gasteiger partial charge in [0.1, 0.15) is 11.5 Å². The van der Waals surface area contributed by atoms with Crippen molar-refractivity contribution in [3.8, 4) is 11.5 Å². The lowest BCUT2D eigenvalue weighted by Gasteiger charge is -2.08. The van der Waals surface area contributed by atoms with Gasteiger partial charge in [0.25, 0.3) is 0 Å². The molecule has 156 valence electrons. The van der Waals surface area contributed by atoms with E-state index in [0.717, 1.165) is 12.2 Å². The number of carbonyl (C=O) groups excluding carboxylic acids is 1. The number of benzene rings is 2. The molecule has 0 radical (unpaired) electrons. The Morgan fingerprint density at radius 2 is 1.45 bits per heavy atom. The molecule has 2 aromatic carbocycles. The largest absolute Gasteiger partial charge is 0.494 e. The van der Waals surface area contributed by atoms with E-state index in [2.05, 4.69) is 12.1 Å². The van der Waals surface area contributed by atoms with Gasteiger partial charge >= 0.3 is 5.97 Å². The summed E-state index contributed by atoms with van der Waals surface area (Å²) in [5.74, 6) is 0.764. The third-order valence-electron chi connectivity index (χ3n) is 4.65. The Kier molecular flexibility index (Phi) is 10.4. The van der Waals surface area contributed by atoms with Crippen molar-refractivity contribution in [2.24, 2.45) is 5.16 Å². The van der Waals surface area contributed by atoms with Crippen LogP contribution in [0.15, 0.2) is 53.7 Å². The van der Waals surface area contributed by atoms with Gasteiger partial charge in [-0.1, -0.05) is 57.0 Å². The van der Waals surface area contributed by atoms with Crippen LogP contribution in [0.25, 0.3) is 0 Å². The monoisotopic (exact) mass is 397 g/mol. The van der Waals surface area contributed by atoms with Crippen LogP contribution < -0.4 is 9.47 Å². The zero-order valence-electron chi connectivity index (χ0n) is 17.2. The Balaban J connectivity index is 1.67. The van der Waals surface area contributed by atoms with E-state index in [1.807, 2.05) is 0 Å². The highest BCUT2D eigenvalue weighted by molar-refractivity contribution is 5.91. The second-order valence-electron chi connectivity index (χ2n) is 7.05. The summed E-state index contributed by atoms with van der Waals surface area (Å²) in [4.78, 5) is 12.2. The average Bonchev–Trinajstić information content (AvgIpc) is 2.74. The van der Waals surface area contributed by atoms with Crippen LogP contribution in [0.4, 0.5) is 0 Å². The van der Waals surface area contributed by atoms with Crippen LogP contribution in [-0.4, -0.2) is 24.0 Å². The number of nitrogens with zero attached hydrogens (tertiary/aromatic N) is 1. The van der Waals surface area contributed by atoms with Crippen LogP contribution in [0, 0.1) is 0 Å². The molecular formula is C24H31NO4. The molecule has 0 aliphatic rings. The van der Waals surface area contributed by atoms with Gasteiger partial charge in [-0.3, -0.25) is 0 Å². The molecule has 5 nitrogen and oxygen atoms in total. The molecule has 0 saturated heterocycles. The van der Waals surface area contributed by atoms with E-state index in [0.29, 0.717) is 23.5 Å². The standard InChI is InChI=1S/C24H31NO4/c1-2-3-4-5-6-7-8-9-18-28-22-16-12-21(13-17-22)24(26)29-23-14-10-20(11-15-23)19-25-27/h10-17,19,27H,2-9,18H2,1H3. The van der Waals surface area contributed by atoms with Crippen molar-refractivity contribution in [2.45, 2.75) is 58.3 Å². The first kappa shape index (κ1) is 22.5. The number of esters is 1. The molecular weight excluding hydrogens is 366 g/mol. The molecule has 0 saturated carbocycles. The molecule has 2 rings (SSSR count). The quantitative estimate of drug-likeness (QED) is 0.109. The third-order valence-corrected chi connectivity index (χ3v) is 4.65. The Morgan fingerprint density at radius 3 is 2.07 bits per heavy atom. The predicted octanol–water partition coefficient (Wildman–Crippen LogP) is 6.23. The van der Waals surface area contributed by atoms with Crippen molar-refractivity contribution in [3.63, 3.8) is 0 Å². The molecule has 2 aromatic rings. The van der Waals surface area contributed by atoms with Crippen LogP contribution in [0.3, 0.4) is 0 Å². The Labute approximate surface area is 173 Å². The number of oxime groups is 1. The van der Waals surface area contributed by atoms with Crippen LogP contribution in [-0.2, 0) is 0 Å². The van der Waals surface area contributed by atoms with Crippen LogP contribution in [0.5, 0.6) is 11.5 Å². The highest BCUT2D eigenvalue weighted by atomic mass is 16.5. The maximum atomic E-state index is 12.2. The summed E-state index contributed by atoms with van der Waals surface area (Å²) in [6.45, 7) is 2.93. The molecule has 0 atom stereocenters. The summed E-state index contributed by atoms with van der Waals surface area (Å²) in [5.41, 5.74) is 1.18. The molecule has 0 aromatic heterocycles. The Morgan fingerprint density at radius 1 is 0.862 bits per heavy atom. The summed E-state index contributed by atoms with van der Waals surface area (Å²) >= 11 is 0. The summed E-state index contributed by atoms with van der Waals surface area (Å²) < 4.78 is 11.1. The van der Waals surface area contributed by atoms with Gasteiger partial charge < -0.3 is 14.7 Å². The van der Waals surface area contributed by atoms with Crippen LogP contribution in [0.1, 0.15) is 74.2 Å². The van der Waals surface area contributed by atoms with Gasteiger partial charge in [-0.15, -0.1) is 0 Å². The topological polar surface area (TPSA) is 68.1 Å². The number of hydrogen-bond acceptors (Lipinski definition) is 5. The van der Waals surface area contributed by atoms with Gasteiger partial charge in [-0.2, -0.15) is 0 Å². The lowest BCUT2D eigenvalue weighted by atomic mass is 10.1. The van der Waals surface area contributed by atoms with E-state index >= 15 is 0 Å². The van der Waals surface area contributed by atoms with Gasteiger partial charge in [0.2, 0.25) is 0 Å². The van der Waals surface area contributed by atoms with E-state index in [-0.39, 0.29) is 0 Å². The minimum Gasteiger partial charge on any atom is -0.494 e. The second-order valence-corrected chi connectivity index (χ2v) is 7.05. The Bertz CT molecular complexity index is 738. The number of rotatable bonds is 13. The summed E-state index contributed by atoms with van der Waals surface area (Å²) in [6, 6.07) is 13.7. The fourth-order valence-corrected chi connectivity index (χ4v) is 2.97. The maximum absolute atomic E-state index is 12.2. The van der Waals surface area contributed by atoms with E-state index in [9.17, 15) is 4.79 Å². The van der Waals surface area contributed by atoms with Gasteiger partial charge in [0, 0.05) is 0 Å². The minimum absolute atomic E-state index is 0.428. The lowest BCUT2D eigenvalue weighted by Crippen LogP contribution is -2.08. The molecule has 0 spiro atoms. The van der Waals surface area contributed by atoms with Crippen LogP contribution in [0.2, 0.25) is 0 Å². The van der Waals surface area contributed by atoms with Gasteiger partial charge in [0.15, 0.2) is 0 Å². The highest BCUT2D eigenvalue weighted by Gasteiger charge is 2.09. The first-order chi connectivity index (χ1) is 14.2.